The van der Waals surface area contributed by atoms with Crippen LogP contribution in [0.2, 0.25) is 0 Å². The summed E-state index contributed by atoms with van der Waals surface area (Å²) >= 11 is 0. The number of nitrogens with one attached hydrogen (secondary N) is 3. The van der Waals surface area contributed by atoms with E-state index in [4.69, 9.17) is 17.2 Å². The third-order valence-electron chi connectivity index (χ3n) is 4.50. The maximum atomic E-state index is 12.4. The molecule has 0 aliphatic rings. The van der Waals surface area contributed by atoms with E-state index in [1.165, 1.54) is 12.1 Å². The van der Waals surface area contributed by atoms with E-state index in [9.17, 15) is 39.0 Å². The molecule has 0 saturated carbocycles. The van der Waals surface area contributed by atoms with Crippen molar-refractivity contribution in [3.63, 3.8) is 0 Å². The maximum absolute atomic E-state index is 12.4. The largest absolute Gasteiger partial charge is 0.508 e. The fourth-order valence-electron chi connectivity index (χ4n) is 2.75. The molecule has 34 heavy (non-hydrogen) atoms. The number of rotatable bonds is 14. The van der Waals surface area contributed by atoms with Gasteiger partial charge in [-0.2, -0.15) is 0 Å². The predicted octanol–water partition coefficient (Wildman–Crippen LogP) is -3.43. The van der Waals surface area contributed by atoms with Crippen molar-refractivity contribution in [3.8, 4) is 5.75 Å². The summed E-state index contributed by atoms with van der Waals surface area (Å²) in [5.41, 5.74) is 16.5. The number of nitrogens with two attached hydrogens (primary N) is 3. The van der Waals surface area contributed by atoms with E-state index < -0.39 is 66.6 Å². The fraction of sp³-hybridized carbons (Fsp3) is 0.400. The Labute approximate surface area is 194 Å². The van der Waals surface area contributed by atoms with E-state index in [0.717, 1.165) is 0 Å². The van der Waals surface area contributed by atoms with Gasteiger partial charge >= 0.3 is 5.97 Å². The highest BCUT2D eigenvalue weighted by atomic mass is 16.4. The Morgan fingerprint density at radius 2 is 1.50 bits per heavy atom. The Balaban J connectivity index is 2.66. The number of benzene rings is 1. The third kappa shape index (κ3) is 10.4. The number of phenols is 1. The molecule has 11 N–H and O–H groups in total. The molecule has 0 aliphatic carbocycles. The number of carboxylic acids is 1. The average Bonchev–Trinajstić information content (AvgIpc) is 2.75. The number of aliphatic carboxylic acids is 1. The lowest BCUT2D eigenvalue weighted by Crippen LogP contribution is -2.54. The highest BCUT2D eigenvalue weighted by molar-refractivity contribution is 5.95. The molecule has 0 saturated heterocycles. The monoisotopic (exact) mass is 480 g/mol. The van der Waals surface area contributed by atoms with Crippen LogP contribution in [0.25, 0.3) is 0 Å². The van der Waals surface area contributed by atoms with Crippen molar-refractivity contribution < 1.29 is 39.0 Å². The van der Waals surface area contributed by atoms with E-state index in [2.05, 4.69) is 16.0 Å². The lowest BCUT2D eigenvalue weighted by Gasteiger charge is -2.21. The van der Waals surface area contributed by atoms with Gasteiger partial charge in [0.05, 0.1) is 19.0 Å². The first-order valence-electron chi connectivity index (χ1n) is 10.1. The molecular formula is C20H28N6O8. The summed E-state index contributed by atoms with van der Waals surface area (Å²) in [6.45, 7) is -0.589. The molecule has 0 fully saturated rings. The molecule has 1 rings (SSSR count). The Hall–Kier alpha value is -4.20. The molecule has 5 amide bonds. The van der Waals surface area contributed by atoms with Gasteiger partial charge in [0.25, 0.3) is 0 Å². The van der Waals surface area contributed by atoms with Crippen molar-refractivity contribution in [2.75, 3.05) is 6.54 Å². The topological polar surface area (TPSA) is 257 Å². The zero-order valence-electron chi connectivity index (χ0n) is 18.2. The molecule has 1 aromatic carbocycles. The summed E-state index contributed by atoms with van der Waals surface area (Å²) in [7, 11) is 0. The molecule has 0 spiro atoms. The normalized spacial score (nSPS) is 13.1. The quantitative estimate of drug-likeness (QED) is 0.132. The highest BCUT2D eigenvalue weighted by Gasteiger charge is 2.28. The molecule has 0 heterocycles. The molecule has 14 nitrogen and oxygen atoms in total. The zero-order valence-corrected chi connectivity index (χ0v) is 18.2. The molecule has 3 atom stereocenters. The van der Waals surface area contributed by atoms with Gasteiger partial charge in [0.15, 0.2) is 0 Å². The summed E-state index contributed by atoms with van der Waals surface area (Å²) in [4.78, 5) is 70.2. The van der Waals surface area contributed by atoms with Crippen LogP contribution in [0.4, 0.5) is 0 Å². The third-order valence-corrected chi connectivity index (χ3v) is 4.50. The van der Waals surface area contributed by atoms with Crippen LogP contribution in [0.3, 0.4) is 0 Å². The molecular weight excluding hydrogens is 452 g/mol. The fourth-order valence-corrected chi connectivity index (χ4v) is 2.75. The average molecular weight is 480 g/mol. The summed E-state index contributed by atoms with van der Waals surface area (Å²) in [6, 6.07) is 1.99. The number of amides is 5. The molecule has 1 aromatic rings. The van der Waals surface area contributed by atoms with Crippen LogP contribution in [0.5, 0.6) is 5.75 Å². The number of carbonyl (C=O) groups is 6. The second-order valence-corrected chi connectivity index (χ2v) is 7.39. The van der Waals surface area contributed by atoms with Crippen LogP contribution in [-0.2, 0) is 35.2 Å². The second-order valence-electron chi connectivity index (χ2n) is 7.39. The number of hydrogen-bond donors (Lipinski definition) is 8. The van der Waals surface area contributed by atoms with Gasteiger partial charge in [-0.15, -0.1) is 0 Å². The first-order valence-corrected chi connectivity index (χ1v) is 10.1. The van der Waals surface area contributed by atoms with Crippen molar-refractivity contribution in [2.24, 2.45) is 17.2 Å². The first kappa shape index (κ1) is 27.8. The van der Waals surface area contributed by atoms with Gasteiger partial charge in [0.1, 0.15) is 17.8 Å². The second kappa shape index (κ2) is 13.4. The molecule has 0 aliphatic heterocycles. The minimum atomic E-state index is -1.53. The van der Waals surface area contributed by atoms with Crippen molar-refractivity contribution >= 4 is 35.5 Å². The van der Waals surface area contributed by atoms with E-state index in [0.29, 0.717) is 5.56 Å². The van der Waals surface area contributed by atoms with E-state index in [-0.39, 0.29) is 25.0 Å². The lowest BCUT2D eigenvalue weighted by molar-refractivity contribution is -0.142. The van der Waals surface area contributed by atoms with Crippen molar-refractivity contribution in [2.45, 2.75) is 43.8 Å². The minimum Gasteiger partial charge on any atom is -0.508 e. The van der Waals surface area contributed by atoms with Crippen molar-refractivity contribution in [1.29, 1.82) is 0 Å². The van der Waals surface area contributed by atoms with Crippen LogP contribution in [-0.4, -0.2) is 70.4 Å². The van der Waals surface area contributed by atoms with E-state index in [1.807, 2.05) is 0 Å². The van der Waals surface area contributed by atoms with Gasteiger partial charge in [-0.25, -0.2) is 4.79 Å². The molecule has 0 aromatic heterocycles. The molecule has 186 valence electrons. The lowest BCUT2D eigenvalue weighted by atomic mass is 10.1. The smallest absolute Gasteiger partial charge is 0.326 e. The summed E-state index contributed by atoms with van der Waals surface area (Å²) < 4.78 is 0. The maximum Gasteiger partial charge on any atom is 0.326 e. The van der Waals surface area contributed by atoms with Crippen LogP contribution in [0, 0.1) is 0 Å². The van der Waals surface area contributed by atoms with Crippen molar-refractivity contribution in [3.05, 3.63) is 29.8 Å². The Kier molecular flexibility index (Phi) is 10.9. The van der Waals surface area contributed by atoms with E-state index in [1.54, 1.807) is 12.1 Å². The highest BCUT2D eigenvalue weighted by Crippen LogP contribution is 2.10. The van der Waals surface area contributed by atoms with Gasteiger partial charge in [0.2, 0.25) is 29.5 Å². The van der Waals surface area contributed by atoms with Gasteiger partial charge < -0.3 is 43.4 Å². The first-order chi connectivity index (χ1) is 15.9. The van der Waals surface area contributed by atoms with Gasteiger partial charge in [0, 0.05) is 6.42 Å². The molecule has 3 unspecified atom stereocenters. The Morgan fingerprint density at radius 1 is 0.882 bits per heavy atom. The SMILES string of the molecule is NC(=O)CCC(NC(=O)C(CC(N)=O)NC(=O)CNC(=O)C(N)Cc1ccc(O)cc1)C(=O)O. The zero-order chi connectivity index (χ0) is 25.8. The predicted molar refractivity (Wildman–Crippen MR) is 117 cm³/mol. The molecule has 0 radical (unpaired) electrons. The molecule has 0 bridgehead atoms. The van der Waals surface area contributed by atoms with Gasteiger partial charge in [-0.1, -0.05) is 12.1 Å². The number of primary amides is 2. The van der Waals surface area contributed by atoms with Crippen LogP contribution in [0.1, 0.15) is 24.8 Å². The number of hydrogen-bond acceptors (Lipinski definition) is 8. The minimum absolute atomic E-state index is 0.0514. The van der Waals surface area contributed by atoms with Crippen LogP contribution in [0.15, 0.2) is 24.3 Å². The number of carboxylic acid groups (broad SMARTS) is 1. The standard InChI is InChI=1S/C20H28N6O8/c21-12(7-10-1-3-11(27)4-2-10)18(31)24-9-17(30)25-14(8-16(23)29)19(32)26-13(20(33)34)5-6-15(22)28/h1-4,12-14,27H,5-9,21H2,(H2,22,28)(H2,23,29)(H,24,31)(H,25,30)(H,26,32)(H,33,34). The number of phenolic OH excluding ortho intramolecular Hbond substituents is 1. The summed E-state index contributed by atoms with van der Waals surface area (Å²) in [6.07, 6.45) is -1.14. The molecule has 14 heteroatoms. The van der Waals surface area contributed by atoms with Gasteiger partial charge in [-0.3, -0.25) is 24.0 Å². The number of carbonyl (C=O) groups excluding carboxylic acids is 5. The Morgan fingerprint density at radius 3 is 2.03 bits per heavy atom. The summed E-state index contributed by atoms with van der Waals surface area (Å²) in [5, 5.41) is 25.0. The van der Waals surface area contributed by atoms with E-state index >= 15 is 0 Å². The van der Waals surface area contributed by atoms with Crippen LogP contribution >= 0.6 is 0 Å². The Bertz CT molecular complexity index is 920. The van der Waals surface area contributed by atoms with Crippen LogP contribution < -0.4 is 33.2 Å². The van der Waals surface area contributed by atoms with Gasteiger partial charge in [-0.05, 0) is 30.5 Å². The number of aromatic hydroxyl groups is 1. The van der Waals surface area contributed by atoms with Crippen molar-refractivity contribution in [1.82, 2.24) is 16.0 Å². The summed E-state index contributed by atoms with van der Waals surface area (Å²) in [5.74, 6) is -5.69.